The van der Waals surface area contributed by atoms with E-state index in [4.69, 9.17) is 0 Å². The lowest BCUT2D eigenvalue weighted by Gasteiger charge is -2.23. The van der Waals surface area contributed by atoms with Crippen molar-refractivity contribution < 1.29 is 4.79 Å². The molecule has 0 radical (unpaired) electrons. The number of amides is 1. The van der Waals surface area contributed by atoms with E-state index in [1.807, 2.05) is 18.8 Å². The number of hydrogen-bond donors (Lipinski definition) is 1. The second-order valence-electron chi connectivity index (χ2n) is 3.68. The molecule has 2 rings (SSSR count). The predicted molar refractivity (Wildman–Crippen MR) is 54.9 cm³/mol. The van der Waals surface area contributed by atoms with Crippen molar-refractivity contribution in [2.75, 3.05) is 25.1 Å². The highest BCUT2D eigenvalue weighted by Gasteiger charge is 2.36. The van der Waals surface area contributed by atoms with E-state index >= 15 is 0 Å². The smallest absolute Gasteiger partial charge is 0.240 e. The lowest BCUT2D eigenvalue weighted by Crippen LogP contribution is -2.46. The number of likely N-dealkylation sites (N-methyl/N-ethyl adjacent to an activating group) is 1. The van der Waals surface area contributed by atoms with Gasteiger partial charge >= 0.3 is 0 Å². The van der Waals surface area contributed by atoms with Crippen LogP contribution in [-0.4, -0.2) is 48.0 Å². The predicted octanol–water partition coefficient (Wildman–Crippen LogP) is 0.312. The van der Waals surface area contributed by atoms with Crippen LogP contribution in [0.4, 0.5) is 0 Å². The first-order valence-corrected chi connectivity index (χ1v) is 6.04. The summed E-state index contributed by atoms with van der Waals surface area (Å²) in [7, 11) is 1.87. The van der Waals surface area contributed by atoms with Gasteiger partial charge in [0.25, 0.3) is 0 Å². The fourth-order valence-corrected chi connectivity index (χ4v) is 2.74. The highest BCUT2D eigenvalue weighted by atomic mass is 32.2. The highest BCUT2D eigenvalue weighted by molar-refractivity contribution is 7.99. The minimum atomic E-state index is 0.0492. The molecule has 0 aromatic rings. The molecule has 0 aromatic heterocycles. The largest absolute Gasteiger partial charge is 0.338 e. The molecule has 74 valence electrons. The van der Waals surface area contributed by atoms with Gasteiger partial charge in [-0.15, -0.1) is 0 Å². The van der Waals surface area contributed by atoms with Crippen LogP contribution in [0.25, 0.3) is 0 Å². The first kappa shape index (κ1) is 9.34. The topological polar surface area (TPSA) is 32.3 Å². The van der Waals surface area contributed by atoms with Crippen molar-refractivity contribution in [3.8, 4) is 0 Å². The monoisotopic (exact) mass is 200 g/mol. The second-order valence-corrected chi connectivity index (χ2v) is 4.83. The van der Waals surface area contributed by atoms with Crippen molar-refractivity contribution in [1.82, 2.24) is 10.2 Å². The molecule has 2 fully saturated rings. The van der Waals surface area contributed by atoms with Crippen LogP contribution in [0, 0.1) is 0 Å². The number of nitrogens with one attached hydrogen (secondary N) is 1. The Morgan fingerprint density at radius 2 is 2.31 bits per heavy atom. The summed E-state index contributed by atoms with van der Waals surface area (Å²) in [5, 5.41) is 3.09. The minimum Gasteiger partial charge on any atom is -0.338 e. The van der Waals surface area contributed by atoms with Crippen LogP contribution in [0.3, 0.4) is 0 Å². The third kappa shape index (κ3) is 1.99. The molecule has 1 N–H and O–H groups in total. The molecule has 1 aliphatic heterocycles. The third-order valence-electron chi connectivity index (χ3n) is 2.68. The van der Waals surface area contributed by atoms with Gasteiger partial charge in [-0.3, -0.25) is 4.79 Å². The number of hydrogen-bond acceptors (Lipinski definition) is 3. The van der Waals surface area contributed by atoms with Gasteiger partial charge in [-0.05, 0) is 19.9 Å². The SMILES string of the molecule is CNC1CSCCN(C2CC2)C1=O. The maximum Gasteiger partial charge on any atom is 0.240 e. The van der Waals surface area contributed by atoms with Gasteiger partial charge in [0, 0.05) is 24.1 Å². The van der Waals surface area contributed by atoms with E-state index in [1.165, 1.54) is 12.8 Å². The van der Waals surface area contributed by atoms with Crippen LogP contribution in [-0.2, 0) is 4.79 Å². The molecule has 1 saturated carbocycles. The molecule has 1 unspecified atom stereocenters. The average Bonchev–Trinajstić information content (AvgIpc) is 2.91. The number of thioether (sulfide) groups is 1. The maximum atomic E-state index is 11.9. The average molecular weight is 200 g/mol. The standard InChI is InChI=1S/C9H16N2OS/c1-10-8-6-13-5-4-11(9(8)12)7-2-3-7/h7-8,10H,2-6H2,1H3. The first-order chi connectivity index (χ1) is 6.33. The van der Waals surface area contributed by atoms with Crippen molar-refractivity contribution >= 4 is 17.7 Å². The van der Waals surface area contributed by atoms with Crippen LogP contribution >= 0.6 is 11.8 Å². The van der Waals surface area contributed by atoms with Crippen LogP contribution in [0.1, 0.15) is 12.8 Å². The Hall–Kier alpha value is -0.220. The van der Waals surface area contributed by atoms with Crippen molar-refractivity contribution in [2.45, 2.75) is 24.9 Å². The van der Waals surface area contributed by atoms with E-state index < -0.39 is 0 Å². The summed E-state index contributed by atoms with van der Waals surface area (Å²) in [6, 6.07) is 0.621. The Labute approximate surface area is 83.2 Å². The summed E-state index contributed by atoms with van der Waals surface area (Å²) in [6.07, 6.45) is 2.43. The lowest BCUT2D eigenvalue weighted by atomic mass is 10.3. The van der Waals surface area contributed by atoms with Crippen molar-refractivity contribution in [3.63, 3.8) is 0 Å². The Balaban J connectivity index is 2.03. The van der Waals surface area contributed by atoms with Gasteiger partial charge in [-0.2, -0.15) is 11.8 Å². The van der Waals surface area contributed by atoms with Gasteiger partial charge in [0.05, 0.1) is 6.04 Å². The zero-order valence-electron chi connectivity index (χ0n) is 7.95. The summed E-state index contributed by atoms with van der Waals surface area (Å²) < 4.78 is 0. The summed E-state index contributed by atoms with van der Waals surface area (Å²) in [6.45, 7) is 0.951. The molecule has 0 aromatic carbocycles. The van der Waals surface area contributed by atoms with Gasteiger partial charge in [-0.25, -0.2) is 0 Å². The highest BCUT2D eigenvalue weighted by Crippen LogP contribution is 2.29. The van der Waals surface area contributed by atoms with E-state index in [2.05, 4.69) is 10.2 Å². The lowest BCUT2D eigenvalue weighted by molar-refractivity contribution is -0.132. The van der Waals surface area contributed by atoms with Crippen molar-refractivity contribution in [1.29, 1.82) is 0 Å². The van der Waals surface area contributed by atoms with Crippen molar-refractivity contribution in [2.24, 2.45) is 0 Å². The number of nitrogens with zero attached hydrogens (tertiary/aromatic N) is 1. The molecule has 0 spiro atoms. The van der Waals surface area contributed by atoms with Crippen LogP contribution in [0.2, 0.25) is 0 Å². The van der Waals surface area contributed by atoms with E-state index in [9.17, 15) is 4.79 Å². The molecule has 1 amide bonds. The summed E-state index contributed by atoms with van der Waals surface area (Å²) in [5.74, 6) is 2.34. The maximum absolute atomic E-state index is 11.9. The molecule has 1 saturated heterocycles. The Kier molecular flexibility index (Phi) is 2.79. The molecule has 0 bridgehead atoms. The van der Waals surface area contributed by atoms with E-state index in [-0.39, 0.29) is 6.04 Å². The Bertz CT molecular complexity index is 206. The zero-order valence-corrected chi connectivity index (χ0v) is 8.77. The molecule has 1 heterocycles. The molecule has 3 nitrogen and oxygen atoms in total. The number of carbonyl (C=O) groups excluding carboxylic acids is 1. The third-order valence-corrected chi connectivity index (χ3v) is 3.72. The molecule has 13 heavy (non-hydrogen) atoms. The molecule has 4 heteroatoms. The van der Waals surface area contributed by atoms with Crippen molar-refractivity contribution in [3.05, 3.63) is 0 Å². The normalized spacial score (nSPS) is 30.4. The Morgan fingerprint density at radius 1 is 1.54 bits per heavy atom. The number of rotatable bonds is 2. The number of carbonyl (C=O) groups is 1. The van der Waals surface area contributed by atoms with Crippen LogP contribution in [0.5, 0.6) is 0 Å². The van der Waals surface area contributed by atoms with Crippen LogP contribution < -0.4 is 5.32 Å². The van der Waals surface area contributed by atoms with Gasteiger partial charge in [-0.1, -0.05) is 0 Å². The van der Waals surface area contributed by atoms with Gasteiger partial charge < -0.3 is 10.2 Å². The fourth-order valence-electron chi connectivity index (χ4n) is 1.70. The fraction of sp³-hybridized carbons (Fsp3) is 0.889. The van der Waals surface area contributed by atoms with Gasteiger partial charge in [0.2, 0.25) is 5.91 Å². The molecular formula is C9H16N2OS. The molecule has 1 atom stereocenters. The summed E-state index contributed by atoms with van der Waals surface area (Å²) in [4.78, 5) is 14.0. The first-order valence-electron chi connectivity index (χ1n) is 4.88. The quantitative estimate of drug-likeness (QED) is 0.696. The zero-order chi connectivity index (χ0) is 9.26. The van der Waals surface area contributed by atoms with E-state index in [0.29, 0.717) is 11.9 Å². The van der Waals surface area contributed by atoms with Gasteiger partial charge in [0.15, 0.2) is 0 Å². The van der Waals surface area contributed by atoms with E-state index in [1.54, 1.807) is 0 Å². The molecule has 1 aliphatic carbocycles. The van der Waals surface area contributed by atoms with Crippen LogP contribution in [0.15, 0.2) is 0 Å². The van der Waals surface area contributed by atoms with E-state index in [0.717, 1.165) is 18.1 Å². The van der Waals surface area contributed by atoms with Gasteiger partial charge in [0.1, 0.15) is 0 Å². The summed E-state index contributed by atoms with van der Waals surface area (Å²) in [5.41, 5.74) is 0. The summed E-state index contributed by atoms with van der Waals surface area (Å²) >= 11 is 1.88. The Morgan fingerprint density at radius 3 is 2.92 bits per heavy atom. The molecule has 2 aliphatic rings. The minimum absolute atomic E-state index is 0.0492. The molecular weight excluding hydrogens is 184 g/mol. The second kappa shape index (κ2) is 3.88.